The molecule has 3 aromatic rings. The van der Waals surface area contributed by atoms with Gasteiger partial charge in [-0.05, 0) is 93.4 Å². The highest BCUT2D eigenvalue weighted by Crippen LogP contribution is 2.39. The fraction of sp³-hybridized carbons (Fsp3) is 0.0800. The quantitative estimate of drug-likeness (QED) is 0.185. The summed E-state index contributed by atoms with van der Waals surface area (Å²) in [6, 6.07) is 15.1. The van der Waals surface area contributed by atoms with Gasteiger partial charge in [-0.3, -0.25) is 14.5 Å². The third-order valence-electron chi connectivity index (χ3n) is 4.95. The van der Waals surface area contributed by atoms with E-state index in [2.05, 4.69) is 15.9 Å². The summed E-state index contributed by atoms with van der Waals surface area (Å²) in [4.78, 5) is 39.1. The van der Waals surface area contributed by atoms with Crippen LogP contribution in [0.3, 0.4) is 0 Å². The van der Waals surface area contributed by atoms with Gasteiger partial charge in [0.15, 0.2) is 11.5 Å². The van der Waals surface area contributed by atoms with E-state index in [-0.39, 0.29) is 22.9 Å². The number of thioether (sulfide) groups is 1. The Labute approximate surface area is 217 Å². The zero-order valence-electron chi connectivity index (χ0n) is 18.1. The SMILES string of the molecule is COc1cc(/C=C2\SC(=O)N(Cc3ccc(F)cc3)C2=O)cc(Br)c1OC(=O)c1ccc(Cl)cc1. The maximum absolute atomic E-state index is 13.1. The maximum Gasteiger partial charge on any atom is 0.343 e. The molecule has 0 N–H and O–H groups in total. The van der Waals surface area contributed by atoms with Gasteiger partial charge in [-0.25, -0.2) is 9.18 Å². The van der Waals surface area contributed by atoms with Gasteiger partial charge in [0.25, 0.3) is 11.1 Å². The molecule has 10 heteroatoms. The molecule has 1 fully saturated rings. The molecule has 178 valence electrons. The van der Waals surface area contributed by atoms with Crippen LogP contribution in [-0.4, -0.2) is 29.1 Å². The minimum Gasteiger partial charge on any atom is -0.493 e. The third-order valence-corrected chi connectivity index (χ3v) is 6.70. The number of amides is 2. The molecular formula is C25H16BrClFNO5S. The Morgan fingerprint density at radius 2 is 1.80 bits per heavy atom. The second kappa shape index (κ2) is 10.6. The van der Waals surface area contributed by atoms with Crippen LogP contribution in [0.1, 0.15) is 21.5 Å². The molecule has 2 amide bonds. The number of ether oxygens (including phenoxy) is 2. The van der Waals surface area contributed by atoms with Crippen LogP contribution in [0.4, 0.5) is 9.18 Å². The second-order valence-corrected chi connectivity index (χ2v) is 9.61. The van der Waals surface area contributed by atoms with Crippen molar-refractivity contribution in [3.63, 3.8) is 0 Å². The summed E-state index contributed by atoms with van der Waals surface area (Å²) in [5.74, 6) is -1.05. The number of benzene rings is 3. The Bertz CT molecular complexity index is 1350. The minimum absolute atomic E-state index is 0.0366. The molecule has 0 radical (unpaired) electrons. The van der Waals surface area contributed by atoms with E-state index >= 15 is 0 Å². The molecule has 35 heavy (non-hydrogen) atoms. The monoisotopic (exact) mass is 575 g/mol. The van der Waals surface area contributed by atoms with Crippen molar-refractivity contribution < 1.29 is 28.2 Å². The number of esters is 1. The molecule has 0 saturated carbocycles. The summed E-state index contributed by atoms with van der Waals surface area (Å²) in [5, 5.41) is 0.0665. The highest BCUT2D eigenvalue weighted by atomic mass is 79.9. The average molecular weight is 577 g/mol. The topological polar surface area (TPSA) is 72.9 Å². The number of carbonyl (C=O) groups is 3. The number of carbonyl (C=O) groups excluding carboxylic acids is 3. The van der Waals surface area contributed by atoms with Crippen molar-refractivity contribution >= 4 is 62.5 Å². The van der Waals surface area contributed by atoms with E-state index in [0.717, 1.165) is 16.7 Å². The number of hydrogen-bond acceptors (Lipinski definition) is 6. The molecule has 1 saturated heterocycles. The van der Waals surface area contributed by atoms with Crippen LogP contribution in [0.25, 0.3) is 6.08 Å². The molecule has 0 aliphatic carbocycles. The Balaban J connectivity index is 1.55. The van der Waals surface area contributed by atoms with Crippen LogP contribution in [-0.2, 0) is 11.3 Å². The summed E-state index contributed by atoms with van der Waals surface area (Å²) in [6.07, 6.45) is 1.55. The zero-order valence-corrected chi connectivity index (χ0v) is 21.2. The fourth-order valence-corrected chi connectivity index (χ4v) is 4.72. The molecule has 6 nitrogen and oxygen atoms in total. The van der Waals surface area contributed by atoms with Gasteiger partial charge in [0.1, 0.15) is 5.82 Å². The molecular weight excluding hydrogens is 561 g/mol. The van der Waals surface area contributed by atoms with E-state index in [1.807, 2.05) is 0 Å². The Hall–Kier alpha value is -3.14. The second-order valence-electron chi connectivity index (χ2n) is 7.32. The van der Waals surface area contributed by atoms with E-state index < -0.39 is 22.9 Å². The molecule has 1 aliphatic rings. The smallest absolute Gasteiger partial charge is 0.343 e. The molecule has 1 aliphatic heterocycles. The van der Waals surface area contributed by atoms with Gasteiger partial charge in [0.05, 0.1) is 28.6 Å². The first kappa shape index (κ1) is 25.0. The van der Waals surface area contributed by atoms with E-state index in [4.69, 9.17) is 21.1 Å². The highest BCUT2D eigenvalue weighted by Gasteiger charge is 2.35. The lowest BCUT2D eigenvalue weighted by atomic mass is 10.1. The number of hydrogen-bond donors (Lipinski definition) is 0. The van der Waals surface area contributed by atoms with Crippen LogP contribution in [0.5, 0.6) is 11.5 Å². The predicted octanol–water partition coefficient (Wildman–Crippen LogP) is 6.71. The van der Waals surface area contributed by atoms with E-state index in [0.29, 0.717) is 26.2 Å². The average Bonchev–Trinajstić information content (AvgIpc) is 3.09. The van der Waals surface area contributed by atoms with Crippen molar-refractivity contribution in [1.82, 2.24) is 4.90 Å². The van der Waals surface area contributed by atoms with Gasteiger partial charge in [0.2, 0.25) is 0 Å². The first-order valence-electron chi connectivity index (χ1n) is 10.1. The van der Waals surface area contributed by atoms with Crippen LogP contribution in [0.2, 0.25) is 5.02 Å². The number of methoxy groups -OCH3 is 1. The van der Waals surface area contributed by atoms with Crippen LogP contribution in [0.15, 0.2) is 70.0 Å². The summed E-state index contributed by atoms with van der Waals surface area (Å²) in [6.45, 7) is 0.0366. The van der Waals surface area contributed by atoms with Gasteiger partial charge in [0, 0.05) is 5.02 Å². The maximum atomic E-state index is 13.1. The lowest BCUT2D eigenvalue weighted by Crippen LogP contribution is -2.27. The molecule has 0 atom stereocenters. The van der Waals surface area contributed by atoms with E-state index in [9.17, 15) is 18.8 Å². The largest absolute Gasteiger partial charge is 0.493 e. The Kier molecular flexibility index (Phi) is 7.59. The van der Waals surface area contributed by atoms with Gasteiger partial charge < -0.3 is 9.47 Å². The zero-order chi connectivity index (χ0) is 25.1. The van der Waals surface area contributed by atoms with Gasteiger partial charge in [-0.2, -0.15) is 0 Å². The molecule has 1 heterocycles. The van der Waals surface area contributed by atoms with Crippen molar-refractivity contribution in [1.29, 1.82) is 0 Å². The lowest BCUT2D eigenvalue weighted by Gasteiger charge is -2.13. The van der Waals surface area contributed by atoms with Crippen molar-refractivity contribution in [3.05, 3.63) is 97.6 Å². The van der Waals surface area contributed by atoms with Crippen molar-refractivity contribution in [2.45, 2.75) is 6.54 Å². The minimum atomic E-state index is -0.602. The number of rotatable bonds is 6. The van der Waals surface area contributed by atoms with E-state index in [1.54, 1.807) is 42.5 Å². The van der Waals surface area contributed by atoms with Crippen molar-refractivity contribution in [3.8, 4) is 11.5 Å². The molecule has 0 unspecified atom stereocenters. The molecule has 4 rings (SSSR count). The Morgan fingerprint density at radius 1 is 1.11 bits per heavy atom. The normalized spacial score (nSPS) is 14.5. The number of imide groups is 1. The Morgan fingerprint density at radius 3 is 2.46 bits per heavy atom. The third kappa shape index (κ3) is 5.75. The number of halogens is 3. The lowest BCUT2D eigenvalue weighted by molar-refractivity contribution is -0.123. The number of nitrogens with zero attached hydrogens (tertiary/aromatic N) is 1. The van der Waals surface area contributed by atoms with Crippen LogP contribution in [0, 0.1) is 5.82 Å². The van der Waals surface area contributed by atoms with Crippen molar-refractivity contribution in [2.75, 3.05) is 7.11 Å². The summed E-state index contributed by atoms with van der Waals surface area (Å²) < 4.78 is 24.5. The summed E-state index contributed by atoms with van der Waals surface area (Å²) in [7, 11) is 1.42. The first-order valence-corrected chi connectivity index (χ1v) is 12.1. The van der Waals surface area contributed by atoms with Crippen LogP contribution >= 0.6 is 39.3 Å². The molecule has 3 aromatic carbocycles. The summed E-state index contributed by atoms with van der Waals surface area (Å²) in [5.41, 5.74) is 1.49. The van der Waals surface area contributed by atoms with E-state index in [1.165, 1.54) is 31.4 Å². The van der Waals surface area contributed by atoms with Crippen LogP contribution < -0.4 is 9.47 Å². The first-order chi connectivity index (χ1) is 16.7. The predicted molar refractivity (Wildman–Crippen MR) is 135 cm³/mol. The summed E-state index contributed by atoms with van der Waals surface area (Å²) >= 11 is 10.0. The highest BCUT2D eigenvalue weighted by molar-refractivity contribution is 9.10. The molecule has 0 spiro atoms. The fourth-order valence-electron chi connectivity index (χ4n) is 3.22. The molecule has 0 aromatic heterocycles. The molecule has 0 bridgehead atoms. The van der Waals surface area contributed by atoms with Gasteiger partial charge in [-0.1, -0.05) is 23.7 Å². The van der Waals surface area contributed by atoms with Gasteiger partial charge in [-0.15, -0.1) is 0 Å². The standard InChI is InChI=1S/C25H16BrClFNO5S/c1-33-20-11-15(10-19(26)22(20)34-24(31)16-4-6-17(27)7-5-16)12-21-23(30)29(25(32)35-21)13-14-2-8-18(28)9-3-14/h2-12H,13H2,1H3/b21-12-. The van der Waals surface area contributed by atoms with Crippen molar-refractivity contribution in [2.24, 2.45) is 0 Å². The van der Waals surface area contributed by atoms with Gasteiger partial charge >= 0.3 is 5.97 Å².